The molecule has 1 aliphatic heterocycles. The lowest BCUT2D eigenvalue weighted by Gasteiger charge is -2.18. The van der Waals surface area contributed by atoms with Crippen molar-refractivity contribution < 1.29 is 0 Å². The Labute approximate surface area is 107 Å². The van der Waals surface area contributed by atoms with Crippen molar-refractivity contribution in [1.82, 2.24) is 9.55 Å². The minimum Gasteiger partial charge on any atom is -0.327 e. The molecule has 0 spiro atoms. The number of nitriles is 1. The third-order valence-electron chi connectivity index (χ3n) is 3.67. The van der Waals surface area contributed by atoms with Crippen molar-refractivity contribution in [3.05, 3.63) is 53.6 Å². The van der Waals surface area contributed by atoms with Crippen molar-refractivity contribution in [3.8, 4) is 6.07 Å². The Morgan fingerprint density at radius 3 is 2.83 bits per heavy atom. The SMILES string of the molecule is N#Cc1ccc([C@@H]2CCCCc3cncn32)cc1. The van der Waals surface area contributed by atoms with E-state index < -0.39 is 0 Å². The van der Waals surface area contributed by atoms with Crippen LogP contribution in [-0.2, 0) is 6.42 Å². The minimum absolute atomic E-state index is 0.373. The van der Waals surface area contributed by atoms with Crippen LogP contribution in [0.5, 0.6) is 0 Å². The van der Waals surface area contributed by atoms with Gasteiger partial charge in [0, 0.05) is 11.9 Å². The molecule has 3 nitrogen and oxygen atoms in total. The van der Waals surface area contributed by atoms with Crippen molar-refractivity contribution >= 4 is 0 Å². The predicted molar refractivity (Wildman–Crippen MR) is 69.1 cm³/mol. The number of aryl methyl sites for hydroxylation is 1. The first-order chi connectivity index (χ1) is 8.88. The van der Waals surface area contributed by atoms with Gasteiger partial charge in [-0.3, -0.25) is 0 Å². The fourth-order valence-corrected chi connectivity index (χ4v) is 2.70. The second kappa shape index (κ2) is 4.66. The summed E-state index contributed by atoms with van der Waals surface area (Å²) in [6.45, 7) is 0. The molecule has 2 aromatic rings. The normalized spacial score (nSPS) is 18.7. The van der Waals surface area contributed by atoms with Gasteiger partial charge in [-0.1, -0.05) is 18.6 Å². The Kier molecular flexibility index (Phi) is 2.85. The van der Waals surface area contributed by atoms with Crippen LogP contribution < -0.4 is 0 Å². The Bertz CT molecular complexity index is 575. The molecule has 2 heterocycles. The van der Waals surface area contributed by atoms with E-state index in [4.69, 9.17) is 5.26 Å². The van der Waals surface area contributed by atoms with E-state index >= 15 is 0 Å². The van der Waals surface area contributed by atoms with Gasteiger partial charge >= 0.3 is 0 Å². The molecule has 0 saturated carbocycles. The van der Waals surface area contributed by atoms with Crippen molar-refractivity contribution in [2.45, 2.75) is 31.7 Å². The molecule has 1 aliphatic rings. The zero-order valence-electron chi connectivity index (χ0n) is 10.2. The number of rotatable bonds is 1. The lowest BCUT2D eigenvalue weighted by atomic mass is 10.0. The molecular formula is C15H15N3. The summed E-state index contributed by atoms with van der Waals surface area (Å²) < 4.78 is 2.29. The van der Waals surface area contributed by atoms with Gasteiger partial charge in [0.05, 0.1) is 24.0 Å². The quantitative estimate of drug-likeness (QED) is 0.764. The van der Waals surface area contributed by atoms with Crippen LogP contribution >= 0.6 is 0 Å². The van der Waals surface area contributed by atoms with Gasteiger partial charge < -0.3 is 4.57 Å². The summed E-state index contributed by atoms with van der Waals surface area (Å²) in [4.78, 5) is 4.27. The van der Waals surface area contributed by atoms with Crippen LogP contribution in [0.15, 0.2) is 36.8 Å². The van der Waals surface area contributed by atoms with Crippen LogP contribution in [0, 0.1) is 11.3 Å². The van der Waals surface area contributed by atoms with Crippen molar-refractivity contribution in [1.29, 1.82) is 5.26 Å². The Morgan fingerprint density at radius 2 is 2.06 bits per heavy atom. The second-order valence-electron chi connectivity index (χ2n) is 4.79. The fraction of sp³-hybridized carbons (Fsp3) is 0.333. The van der Waals surface area contributed by atoms with Crippen LogP contribution in [-0.4, -0.2) is 9.55 Å². The highest BCUT2D eigenvalue weighted by Crippen LogP contribution is 2.29. The highest BCUT2D eigenvalue weighted by atomic mass is 15.1. The summed E-state index contributed by atoms with van der Waals surface area (Å²) in [6, 6.07) is 10.5. The topological polar surface area (TPSA) is 41.6 Å². The highest BCUT2D eigenvalue weighted by molar-refractivity contribution is 5.33. The number of nitrogens with zero attached hydrogens (tertiary/aromatic N) is 3. The molecule has 0 radical (unpaired) electrons. The molecule has 0 fully saturated rings. The molecule has 3 heteroatoms. The van der Waals surface area contributed by atoms with Gasteiger partial charge in [-0.25, -0.2) is 4.98 Å². The molecule has 3 rings (SSSR count). The molecule has 0 unspecified atom stereocenters. The lowest BCUT2D eigenvalue weighted by molar-refractivity contribution is 0.536. The lowest BCUT2D eigenvalue weighted by Crippen LogP contribution is -2.10. The minimum atomic E-state index is 0.373. The van der Waals surface area contributed by atoms with E-state index in [1.54, 1.807) is 0 Å². The van der Waals surface area contributed by atoms with Crippen LogP contribution in [0.25, 0.3) is 0 Å². The Balaban J connectivity index is 1.98. The van der Waals surface area contributed by atoms with Crippen LogP contribution in [0.1, 0.15) is 42.1 Å². The number of imidazole rings is 1. The smallest absolute Gasteiger partial charge is 0.0991 e. The number of hydrogen-bond acceptors (Lipinski definition) is 2. The number of benzene rings is 1. The Hall–Kier alpha value is -2.08. The average Bonchev–Trinajstić information content (AvgIpc) is 2.79. The zero-order chi connectivity index (χ0) is 12.4. The molecule has 0 amide bonds. The van der Waals surface area contributed by atoms with Gasteiger partial charge in [0.2, 0.25) is 0 Å². The van der Waals surface area contributed by atoms with E-state index in [1.165, 1.54) is 24.1 Å². The molecule has 0 aliphatic carbocycles. The van der Waals surface area contributed by atoms with Gasteiger partial charge in [0.15, 0.2) is 0 Å². The predicted octanol–water partition coefficient (Wildman–Crippen LogP) is 3.07. The van der Waals surface area contributed by atoms with Crippen LogP contribution in [0.4, 0.5) is 0 Å². The molecule has 0 bridgehead atoms. The second-order valence-corrected chi connectivity index (χ2v) is 4.79. The van der Waals surface area contributed by atoms with E-state index in [9.17, 15) is 0 Å². The van der Waals surface area contributed by atoms with Gasteiger partial charge in [0.1, 0.15) is 0 Å². The molecule has 90 valence electrons. The molecule has 1 atom stereocenters. The summed E-state index contributed by atoms with van der Waals surface area (Å²) in [5, 5.41) is 8.84. The molecule has 1 aromatic carbocycles. The van der Waals surface area contributed by atoms with E-state index in [2.05, 4.69) is 27.8 Å². The zero-order valence-corrected chi connectivity index (χ0v) is 10.2. The maximum Gasteiger partial charge on any atom is 0.0991 e. The molecule has 0 N–H and O–H groups in total. The molecular weight excluding hydrogens is 222 g/mol. The summed E-state index contributed by atoms with van der Waals surface area (Å²) in [5.74, 6) is 0. The average molecular weight is 237 g/mol. The highest BCUT2D eigenvalue weighted by Gasteiger charge is 2.19. The van der Waals surface area contributed by atoms with E-state index in [0.29, 0.717) is 6.04 Å². The number of fused-ring (bicyclic) bond motifs is 1. The van der Waals surface area contributed by atoms with Gasteiger partial charge in [-0.05, 0) is 37.0 Å². The first-order valence-electron chi connectivity index (χ1n) is 6.39. The number of hydrogen-bond donors (Lipinski definition) is 0. The summed E-state index contributed by atoms with van der Waals surface area (Å²) in [5.41, 5.74) is 3.32. The van der Waals surface area contributed by atoms with Crippen molar-refractivity contribution in [2.75, 3.05) is 0 Å². The van der Waals surface area contributed by atoms with Crippen LogP contribution in [0.3, 0.4) is 0 Å². The largest absolute Gasteiger partial charge is 0.327 e. The monoisotopic (exact) mass is 237 g/mol. The third kappa shape index (κ3) is 1.91. The van der Waals surface area contributed by atoms with Gasteiger partial charge in [-0.2, -0.15) is 5.26 Å². The number of aromatic nitrogens is 2. The summed E-state index contributed by atoms with van der Waals surface area (Å²) in [6.07, 6.45) is 8.65. The third-order valence-corrected chi connectivity index (χ3v) is 3.67. The molecule has 1 aromatic heterocycles. The van der Waals surface area contributed by atoms with Crippen molar-refractivity contribution in [2.24, 2.45) is 0 Å². The molecule has 18 heavy (non-hydrogen) atoms. The summed E-state index contributed by atoms with van der Waals surface area (Å²) in [7, 11) is 0. The van der Waals surface area contributed by atoms with Gasteiger partial charge in [0.25, 0.3) is 0 Å². The van der Waals surface area contributed by atoms with E-state index in [1.807, 2.05) is 24.7 Å². The maximum atomic E-state index is 8.84. The first-order valence-corrected chi connectivity index (χ1v) is 6.39. The standard InChI is InChI=1S/C15H15N3/c16-9-12-5-7-13(8-6-12)15-4-2-1-3-14-10-17-11-18(14)15/h5-8,10-11,15H,1-4H2/t15-/m0/s1. The fourth-order valence-electron chi connectivity index (χ4n) is 2.70. The van der Waals surface area contributed by atoms with E-state index in [-0.39, 0.29) is 0 Å². The summed E-state index contributed by atoms with van der Waals surface area (Å²) >= 11 is 0. The van der Waals surface area contributed by atoms with Crippen molar-refractivity contribution in [3.63, 3.8) is 0 Å². The van der Waals surface area contributed by atoms with Gasteiger partial charge in [-0.15, -0.1) is 0 Å². The molecule has 0 saturated heterocycles. The maximum absolute atomic E-state index is 8.84. The van der Waals surface area contributed by atoms with Crippen LogP contribution in [0.2, 0.25) is 0 Å². The Morgan fingerprint density at radius 1 is 1.22 bits per heavy atom. The first kappa shape index (κ1) is 11.0. The van der Waals surface area contributed by atoms with E-state index in [0.717, 1.165) is 18.4 Å².